The monoisotopic (exact) mass is 374 g/mol. The Balaban J connectivity index is 2.03. The Bertz CT molecular complexity index is 1080. The Morgan fingerprint density at radius 1 is 1.14 bits per heavy atom. The Labute approximate surface area is 162 Å². The van der Waals surface area contributed by atoms with Crippen LogP contribution < -0.4 is 10.1 Å². The van der Waals surface area contributed by atoms with Gasteiger partial charge in [-0.1, -0.05) is 49.4 Å². The molecule has 5 heteroatoms. The van der Waals surface area contributed by atoms with E-state index in [1.165, 1.54) is 24.3 Å². The summed E-state index contributed by atoms with van der Waals surface area (Å²) in [5.74, 6) is -0.653. The van der Waals surface area contributed by atoms with Crippen molar-refractivity contribution in [2.24, 2.45) is 0 Å². The molecule has 0 saturated heterocycles. The number of anilines is 1. The number of nitrogens with zero attached hydrogens (tertiary/aromatic N) is 1. The van der Waals surface area contributed by atoms with Crippen molar-refractivity contribution in [3.05, 3.63) is 77.6 Å². The number of carbonyl (C=O) groups excluding carboxylic acids is 1. The number of halogens is 1. The summed E-state index contributed by atoms with van der Waals surface area (Å²) in [6.07, 6.45) is 2.32. The molecule has 0 atom stereocenters. The minimum atomic E-state index is -0.679. The zero-order valence-corrected chi connectivity index (χ0v) is 15.4. The standard InChI is InChI=1S/C23H19FN2O2/c1-2-13-28-22-12-11-16-7-3-4-8-18(16)19(22)14-17(15-25)23(27)26-21-10-6-5-9-20(21)24/h3-12,14H,2,13H2,1H3,(H,26,27)/b17-14+. The average molecular weight is 374 g/mol. The molecule has 0 heterocycles. The van der Waals surface area contributed by atoms with E-state index in [2.05, 4.69) is 5.32 Å². The number of rotatable bonds is 6. The molecule has 140 valence electrons. The third-order valence-corrected chi connectivity index (χ3v) is 4.17. The first-order chi connectivity index (χ1) is 13.6. The number of ether oxygens (including phenoxy) is 1. The van der Waals surface area contributed by atoms with Gasteiger partial charge in [-0.15, -0.1) is 0 Å². The first-order valence-corrected chi connectivity index (χ1v) is 8.96. The number of para-hydroxylation sites is 1. The Morgan fingerprint density at radius 2 is 1.89 bits per heavy atom. The molecule has 0 saturated carbocycles. The van der Waals surface area contributed by atoms with E-state index in [1.54, 1.807) is 6.07 Å². The van der Waals surface area contributed by atoms with E-state index in [0.717, 1.165) is 17.2 Å². The van der Waals surface area contributed by atoms with Crippen molar-refractivity contribution in [1.29, 1.82) is 5.26 Å². The van der Waals surface area contributed by atoms with Crippen LogP contribution in [0, 0.1) is 17.1 Å². The molecule has 3 rings (SSSR count). The second kappa shape index (κ2) is 8.83. The Hall–Kier alpha value is -3.65. The first-order valence-electron chi connectivity index (χ1n) is 8.96. The molecule has 0 aliphatic rings. The summed E-state index contributed by atoms with van der Waals surface area (Å²) >= 11 is 0. The molecule has 28 heavy (non-hydrogen) atoms. The van der Waals surface area contributed by atoms with Crippen LogP contribution >= 0.6 is 0 Å². The number of amides is 1. The zero-order chi connectivity index (χ0) is 19.9. The molecule has 0 aliphatic heterocycles. The highest BCUT2D eigenvalue weighted by Gasteiger charge is 2.15. The Morgan fingerprint density at radius 3 is 2.64 bits per heavy atom. The van der Waals surface area contributed by atoms with Crippen molar-refractivity contribution in [2.45, 2.75) is 13.3 Å². The minimum absolute atomic E-state index is 0.0222. The van der Waals surface area contributed by atoms with E-state index >= 15 is 0 Å². The molecule has 0 fully saturated rings. The zero-order valence-electron chi connectivity index (χ0n) is 15.4. The lowest BCUT2D eigenvalue weighted by atomic mass is 10.0. The molecular formula is C23H19FN2O2. The SMILES string of the molecule is CCCOc1ccc2ccccc2c1/C=C(\C#N)C(=O)Nc1ccccc1F. The predicted molar refractivity (Wildman–Crippen MR) is 108 cm³/mol. The van der Waals surface area contributed by atoms with Crippen molar-refractivity contribution in [1.82, 2.24) is 0 Å². The van der Waals surface area contributed by atoms with Gasteiger partial charge in [0.05, 0.1) is 12.3 Å². The highest BCUT2D eigenvalue weighted by Crippen LogP contribution is 2.30. The summed E-state index contributed by atoms with van der Waals surface area (Å²) in [6.45, 7) is 2.52. The second-order valence-electron chi connectivity index (χ2n) is 6.15. The van der Waals surface area contributed by atoms with Crippen molar-refractivity contribution in [3.8, 4) is 11.8 Å². The highest BCUT2D eigenvalue weighted by molar-refractivity contribution is 6.11. The van der Waals surface area contributed by atoms with Gasteiger partial charge in [0.2, 0.25) is 0 Å². The molecule has 3 aromatic rings. The lowest BCUT2D eigenvalue weighted by molar-refractivity contribution is -0.112. The number of fused-ring (bicyclic) bond motifs is 1. The lowest BCUT2D eigenvalue weighted by Gasteiger charge is -2.12. The molecular weight excluding hydrogens is 355 g/mol. The van der Waals surface area contributed by atoms with Crippen molar-refractivity contribution in [2.75, 3.05) is 11.9 Å². The number of benzene rings is 3. The number of nitrogens with one attached hydrogen (secondary N) is 1. The molecule has 3 aromatic carbocycles. The van der Waals surface area contributed by atoms with Gasteiger partial charge in [-0.2, -0.15) is 5.26 Å². The van der Waals surface area contributed by atoms with Gasteiger partial charge >= 0.3 is 0 Å². The van der Waals surface area contributed by atoms with E-state index in [4.69, 9.17) is 4.74 Å². The van der Waals surface area contributed by atoms with Crippen molar-refractivity contribution in [3.63, 3.8) is 0 Å². The molecule has 1 amide bonds. The number of carbonyl (C=O) groups is 1. The Kier molecular flexibility index (Phi) is 6.03. The van der Waals surface area contributed by atoms with Crippen LogP contribution in [0.25, 0.3) is 16.8 Å². The minimum Gasteiger partial charge on any atom is -0.493 e. The maximum absolute atomic E-state index is 13.8. The molecule has 1 N–H and O–H groups in total. The molecule has 0 aromatic heterocycles. The fourth-order valence-corrected chi connectivity index (χ4v) is 2.81. The third kappa shape index (κ3) is 4.18. The van der Waals surface area contributed by atoms with Crippen LogP contribution in [0.1, 0.15) is 18.9 Å². The molecule has 0 spiro atoms. The smallest absolute Gasteiger partial charge is 0.266 e. The van der Waals surface area contributed by atoms with Gasteiger partial charge in [0, 0.05) is 5.56 Å². The summed E-state index contributed by atoms with van der Waals surface area (Å²) < 4.78 is 19.6. The van der Waals surface area contributed by atoms with Crippen LogP contribution in [-0.4, -0.2) is 12.5 Å². The first kappa shape index (κ1) is 19.1. The van der Waals surface area contributed by atoms with E-state index in [-0.39, 0.29) is 11.3 Å². The maximum Gasteiger partial charge on any atom is 0.266 e. The van der Waals surface area contributed by atoms with Crippen LogP contribution in [0.3, 0.4) is 0 Å². The number of hydrogen-bond acceptors (Lipinski definition) is 3. The third-order valence-electron chi connectivity index (χ3n) is 4.17. The van der Waals surface area contributed by atoms with Crippen LogP contribution in [-0.2, 0) is 4.79 Å². The van der Waals surface area contributed by atoms with E-state index in [9.17, 15) is 14.4 Å². The van der Waals surface area contributed by atoms with Gasteiger partial charge in [0.1, 0.15) is 23.2 Å². The highest BCUT2D eigenvalue weighted by atomic mass is 19.1. The van der Waals surface area contributed by atoms with Crippen LogP contribution in [0.2, 0.25) is 0 Å². The van der Waals surface area contributed by atoms with E-state index in [1.807, 2.05) is 49.4 Å². The predicted octanol–water partition coefficient (Wildman–Crippen LogP) is 5.31. The quantitative estimate of drug-likeness (QED) is 0.470. The molecule has 0 bridgehead atoms. The van der Waals surface area contributed by atoms with E-state index < -0.39 is 11.7 Å². The topological polar surface area (TPSA) is 62.1 Å². The summed E-state index contributed by atoms with van der Waals surface area (Å²) in [5, 5.41) is 13.8. The second-order valence-corrected chi connectivity index (χ2v) is 6.15. The van der Waals surface area contributed by atoms with Crippen molar-refractivity contribution >= 4 is 28.4 Å². The average Bonchev–Trinajstić information content (AvgIpc) is 2.72. The maximum atomic E-state index is 13.8. The van der Waals surface area contributed by atoms with Gasteiger partial charge < -0.3 is 10.1 Å². The summed E-state index contributed by atoms with van der Waals surface area (Å²) in [7, 11) is 0. The van der Waals surface area contributed by atoms with Crippen LogP contribution in [0.15, 0.2) is 66.2 Å². The molecule has 0 aliphatic carbocycles. The van der Waals surface area contributed by atoms with Gasteiger partial charge in [-0.05, 0) is 41.5 Å². The normalized spacial score (nSPS) is 11.1. The van der Waals surface area contributed by atoms with Crippen molar-refractivity contribution < 1.29 is 13.9 Å². The lowest BCUT2D eigenvalue weighted by Crippen LogP contribution is -2.14. The van der Waals surface area contributed by atoms with Gasteiger partial charge in [0.15, 0.2) is 0 Å². The number of hydrogen-bond donors (Lipinski definition) is 1. The van der Waals surface area contributed by atoms with E-state index in [0.29, 0.717) is 17.9 Å². The largest absolute Gasteiger partial charge is 0.493 e. The summed E-state index contributed by atoms with van der Waals surface area (Å²) in [5.41, 5.74) is 0.529. The summed E-state index contributed by atoms with van der Waals surface area (Å²) in [6, 6.07) is 19.1. The van der Waals surface area contributed by atoms with Gasteiger partial charge in [-0.3, -0.25) is 4.79 Å². The molecule has 0 unspecified atom stereocenters. The van der Waals surface area contributed by atoms with Gasteiger partial charge in [-0.25, -0.2) is 4.39 Å². The fourth-order valence-electron chi connectivity index (χ4n) is 2.81. The fraction of sp³-hybridized carbons (Fsp3) is 0.130. The van der Waals surface area contributed by atoms with Crippen LogP contribution in [0.5, 0.6) is 5.75 Å². The van der Waals surface area contributed by atoms with Gasteiger partial charge in [0.25, 0.3) is 5.91 Å². The molecule has 0 radical (unpaired) electrons. The molecule has 4 nitrogen and oxygen atoms in total. The number of nitriles is 1. The van der Waals surface area contributed by atoms with Crippen LogP contribution in [0.4, 0.5) is 10.1 Å². The summed E-state index contributed by atoms with van der Waals surface area (Å²) in [4.78, 5) is 12.6.